The summed E-state index contributed by atoms with van der Waals surface area (Å²) in [5.74, 6) is -0.198. The molecule has 0 aromatic carbocycles. The maximum atomic E-state index is 11.9. The second-order valence-corrected chi connectivity index (χ2v) is 3.79. The van der Waals surface area contributed by atoms with E-state index in [-0.39, 0.29) is 5.91 Å². The molecule has 0 aliphatic carbocycles. The van der Waals surface area contributed by atoms with Crippen molar-refractivity contribution < 1.29 is 4.79 Å². The molecule has 18 heavy (non-hydrogen) atoms. The first kappa shape index (κ1) is 12.2. The zero-order valence-electron chi connectivity index (χ0n) is 10.1. The maximum Gasteiger partial charge on any atom is 0.270 e. The van der Waals surface area contributed by atoms with Crippen molar-refractivity contribution in [2.75, 3.05) is 0 Å². The zero-order chi connectivity index (χ0) is 12.8. The molecule has 1 amide bonds. The summed E-state index contributed by atoms with van der Waals surface area (Å²) in [5, 5.41) is 2.80. The first-order chi connectivity index (χ1) is 8.79. The van der Waals surface area contributed by atoms with E-state index in [1.54, 1.807) is 18.5 Å². The molecule has 0 unspecified atom stereocenters. The quantitative estimate of drug-likeness (QED) is 0.879. The van der Waals surface area contributed by atoms with Crippen molar-refractivity contribution in [3.8, 4) is 0 Å². The molecule has 1 N–H and O–H groups in total. The smallest absolute Gasteiger partial charge is 0.270 e. The Morgan fingerprint density at radius 1 is 1.39 bits per heavy atom. The molecule has 0 atom stereocenters. The van der Waals surface area contributed by atoms with E-state index < -0.39 is 0 Å². The molecule has 2 heterocycles. The normalized spacial score (nSPS) is 10.1. The maximum absolute atomic E-state index is 11.9. The molecular formula is C13H14N4O. The number of rotatable bonds is 4. The second-order valence-electron chi connectivity index (χ2n) is 3.79. The summed E-state index contributed by atoms with van der Waals surface area (Å²) in [7, 11) is 0. The minimum Gasteiger partial charge on any atom is -0.347 e. The van der Waals surface area contributed by atoms with Crippen molar-refractivity contribution in [2.24, 2.45) is 0 Å². The first-order valence-corrected chi connectivity index (χ1v) is 5.77. The summed E-state index contributed by atoms with van der Waals surface area (Å²) in [6.07, 6.45) is 5.62. The number of pyridine rings is 1. The van der Waals surface area contributed by atoms with Crippen LogP contribution >= 0.6 is 0 Å². The monoisotopic (exact) mass is 242 g/mol. The van der Waals surface area contributed by atoms with E-state index >= 15 is 0 Å². The Labute approximate surface area is 105 Å². The van der Waals surface area contributed by atoms with Crippen molar-refractivity contribution in [1.29, 1.82) is 0 Å². The highest BCUT2D eigenvalue weighted by Crippen LogP contribution is 2.00. The van der Waals surface area contributed by atoms with Gasteiger partial charge >= 0.3 is 0 Å². The number of nitrogens with one attached hydrogen (secondary N) is 1. The number of aryl methyl sites for hydroxylation is 1. The first-order valence-electron chi connectivity index (χ1n) is 5.77. The third-order valence-corrected chi connectivity index (χ3v) is 2.49. The van der Waals surface area contributed by atoms with Gasteiger partial charge in [-0.1, -0.05) is 13.0 Å². The Hall–Kier alpha value is -2.30. The molecule has 92 valence electrons. The molecule has 5 heteroatoms. The highest BCUT2D eigenvalue weighted by molar-refractivity contribution is 5.92. The van der Waals surface area contributed by atoms with E-state index in [9.17, 15) is 4.79 Å². The molecule has 0 radical (unpaired) electrons. The number of aromatic nitrogens is 3. The van der Waals surface area contributed by atoms with Crippen LogP contribution in [0.5, 0.6) is 0 Å². The lowest BCUT2D eigenvalue weighted by Gasteiger charge is -2.05. The van der Waals surface area contributed by atoms with Gasteiger partial charge in [-0.3, -0.25) is 9.78 Å². The van der Waals surface area contributed by atoms with Gasteiger partial charge in [0.25, 0.3) is 5.91 Å². The fourth-order valence-corrected chi connectivity index (χ4v) is 1.49. The molecule has 0 saturated heterocycles. The van der Waals surface area contributed by atoms with Gasteiger partial charge in [0, 0.05) is 24.6 Å². The fraction of sp³-hybridized carbons (Fsp3) is 0.231. The third kappa shape index (κ3) is 3.10. The summed E-state index contributed by atoms with van der Waals surface area (Å²) in [4.78, 5) is 23.9. The minimum absolute atomic E-state index is 0.198. The Morgan fingerprint density at radius 3 is 3.00 bits per heavy atom. The number of amides is 1. The van der Waals surface area contributed by atoms with Gasteiger partial charge in [0.1, 0.15) is 12.0 Å². The minimum atomic E-state index is -0.198. The molecule has 0 spiro atoms. The van der Waals surface area contributed by atoms with Crippen LogP contribution in [0.4, 0.5) is 0 Å². The SMILES string of the molecule is CCc1cc(C(=O)NCc2cccnc2)ncn1. The molecule has 0 saturated carbocycles. The van der Waals surface area contributed by atoms with Crippen LogP contribution in [0.3, 0.4) is 0 Å². The van der Waals surface area contributed by atoms with E-state index in [1.165, 1.54) is 6.33 Å². The van der Waals surface area contributed by atoms with Crippen molar-refractivity contribution in [3.05, 3.63) is 53.9 Å². The van der Waals surface area contributed by atoms with E-state index in [1.807, 2.05) is 19.1 Å². The molecule has 2 aromatic rings. The summed E-state index contributed by atoms with van der Waals surface area (Å²) in [6, 6.07) is 5.45. The number of carbonyl (C=O) groups excluding carboxylic acids is 1. The van der Waals surface area contributed by atoms with Crippen molar-refractivity contribution >= 4 is 5.91 Å². The molecule has 2 aromatic heterocycles. The van der Waals surface area contributed by atoms with Crippen LogP contribution in [0.2, 0.25) is 0 Å². The van der Waals surface area contributed by atoms with E-state index in [4.69, 9.17) is 0 Å². The summed E-state index contributed by atoms with van der Waals surface area (Å²) in [5.41, 5.74) is 2.21. The molecule has 0 fully saturated rings. The standard InChI is InChI=1S/C13H14N4O/c1-2-11-6-12(17-9-16-11)13(18)15-8-10-4-3-5-14-7-10/h3-7,9H,2,8H2,1H3,(H,15,18). The largest absolute Gasteiger partial charge is 0.347 e. The van der Waals surface area contributed by atoms with E-state index in [0.717, 1.165) is 17.7 Å². The Balaban J connectivity index is 1.99. The Morgan fingerprint density at radius 2 is 2.28 bits per heavy atom. The van der Waals surface area contributed by atoms with Gasteiger partial charge in [-0.05, 0) is 24.1 Å². The van der Waals surface area contributed by atoms with Gasteiger partial charge in [-0.2, -0.15) is 0 Å². The molecular weight excluding hydrogens is 228 g/mol. The van der Waals surface area contributed by atoms with Gasteiger partial charge in [0.2, 0.25) is 0 Å². The lowest BCUT2D eigenvalue weighted by molar-refractivity contribution is 0.0945. The van der Waals surface area contributed by atoms with Crippen molar-refractivity contribution in [1.82, 2.24) is 20.3 Å². The fourth-order valence-electron chi connectivity index (χ4n) is 1.49. The predicted molar refractivity (Wildman–Crippen MR) is 66.8 cm³/mol. The number of nitrogens with zero attached hydrogens (tertiary/aromatic N) is 3. The second kappa shape index (κ2) is 5.86. The lowest BCUT2D eigenvalue weighted by atomic mass is 10.2. The highest BCUT2D eigenvalue weighted by atomic mass is 16.1. The average Bonchev–Trinajstić information content (AvgIpc) is 2.46. The van der Waals surface area contributed by atoms with Gasteiger partial charge < -0.3 is 5.32 Å². The topological polar surface area (TPSA) is 67.8 Å². The Kier molecular flexibility index (Phi) is 3.96. The summed E-state index contributed by atoms with van der Waals surface area (Å²) in [6.45, 7) is 2.43. The molecule has 0 bridgehead atoms. The van der Waals surface area contributed by atoms with Crippen LogP contribution in [-0.2, 0) is 13.0 Å². The van der Waals surface area contributed by atoms with Gasteiger partial charge in [0.05, 0.1) is 0 Å². The molecule has 0 aliphatic rings. The number of hydrogen-bond acceptors (Lipinski definition) is 4. The average molecular weight is 242 g/mol. The van der Waals surface area contributed by atoms with Crippen molar-refractivity contribution in [3.63, 3.8) is 0 Å². The molecule has 2 rings (SSSR count). The van der Waals surface area contributed by atoms with Crippen LogP contribution < -0.4 is 5.32 Å². The van der Waals surface area contributed by atoms with E-state index in [0.29, 0.717) is 12.2 Å². The van der Waals surface area contributed by atoms with Crippen LogP contribution in [0, 0.1) is 0 Å². The molecule has 5 nitrogen and oxygen atoms in total. The van der Waals surface area contributed by atoms with Crippen molar-refractivity contribution in [2.45, 2.75) is 19.9 Å². The number of carbonyl (C=O) groups is 1. The van der Waals surface area contributed by atoms with Gasteiger partial charge in [0.15, 0.2) is 0 Å². The van der Waals surface area contributed by atoms with Crippen LogP contribution in [-0.4, -0.2) is 20.9 Å². The Bertz CT molecular complexity index is 528. The van der Waals surface area contributed by atoms with Crippen LogP contribution in [0.25, 0.3) is 0 Å². The van der Waals surface area contributed by atoms with Gasteiger partial charge in [-0.25, -0.2) is 9.97 Å². The lowest BCUT2D eigenvalue weighted by Crippen LogP contribution is -2.24. The predicted octanol–water partition coefficient (Wildman–Crippen LogP) is 1.36. The zero-order valence-corrected chi connectivity index (χ0v) is 10.1. The van der Waals surface area contributed by atoms with Crippen LogP contribution in [0.15, 0.2) is 36.9 Å². The van der Waals surface area contributed by atoms with Crippen LogP contribution in [0.1, 0.15) is 28.7 Å². The summed E-state index contributed by atoms with van der Waals surface area (Å²) >= 11 is 0. The van der Waals surface area contributed by atoms with E-state index in [2.05, 4.69) is 20.3 Å². The van der Waals surface area contributed by atoms with Gasteiger partial charge in [-0.15, -0.1) is 0 Å². The highest BCUT2D eigenvalue weighted by Gasteiger charge is 2.07. The summed E-state index contributed by atoms with van der Waals surface area (Å²) < 4.78 is 0. The number of hydrogen-bond donors (Lipinski definition) is 1. The third-order valence-electron chi connectivity index (χ3n) is 2.49. The molecule has 0 aliphatic heterocycles.